The van der Waals surface area contributed by atoms with Gasteiger partial charge in [0, 0.05) is 43.9 Å². The number of non-ortho nitro benzene ring substituents is 1. The maximum absolute atomic E-state index is 12.2. The number of nitro benzene ring substituents is 1. The monoisotopic (exact) mass is 261 g/mol. The fourth-order valence-electron chi connectivity index (χ4n) is 1.99. The zero-order valence-corrected chi connectivity index (χ0v) is 10.5. The Kier molecular flexibility index (Phi) is 3.91. The van der Waals surface area contributed by atoms with Crippen LogP contribution in [0.4, 0.5) is 5.69 Å². The van der Waals surface area contributed by atoms with E-state index in [2.05, 4.69) is 11.9 Å². The van der Waals surface area contributed by atoms with Crippen molar-refractivity contribution in [1.82, 2.24) is 10.2 Å². The molecule has 1 aromatic rings. The summed E-state index contributed by atoms with van der Waals surface area (Å²) < 4.78 is 0. The highest BCUT2D eigenvalue weighted by Gasteiger charge is 2.20. The topological polar surface area (TPSA) is 75.5 Å². The minimum absolute atomic E-state index is 0.0354. The number of piperazine rings is 1. The lowest BCUT2D eigenvalue weighted by molar-refractivity contribution is -0.384. The number of amides is 1. The molecule has 19 heavy (non-hydrogen) atoms. The number of rotatable bonds is 3. The van der Waals surface area contributed by atoms with Gasteiger partial charge in [-0.05, 0) is 5.56 Å². The molecule has 0 atom stereocenters. The average molecular weight is 261 g/mol. The van der Waals surface area contributed by atoms with Crippen LogP contribution in [0.2, 0.25) is 0 Å². The molecule has 0 aromatic heterocycles. The summed E-state index contributed by atoms with van der Waals surface area (Å²) in [6, 6.07) is 5.99. The Hall–Kier alpha value is -2.21. The molecule has 1 aliphatic rings. The molecule has 0 unspecified atom stereocenters. The summed E-state index contributed by atoms with van der Waals surface area (Å²) in [6.45, 7) is 6.55. The third-order valence-electron chi connectivity index (χ3n) is 3.07. The molecule has 1 aliphatic heterocycles. The van der Waals surface area contributed by atoms with E-state index in [9.17, 15) is 14.9 Å². The summed E-state index contributed by atoms with van der Waals surface area (Å²) in [6.07, 6.45) is 0. The lowest BCUT2D eigenvalue weighted by atomic mass is 10.1. The standard InChI is InChI=1S/C13H15N3O3/c1-10(13(17)15-7-5-14-6-8-15)11-3-2-4-12(9-11)16(18)19/h2-4,9,14H,1,5-8H2. The molecule has 0 spiro atoms. The van der Waals surface area contributed by atoms with Gasteiger partial charge in [-0.25, -0.2) is 0 Å². The first-order valence-corrected chi connectivity index (χ1v) is 6.03. The SMILES string of the molecule is C=C(C(=O)N1CCNCC1)c1cccc([N+](=O)[O-])c1. The highest BCUT2D eigenvalue weighted by atomic mass is 16.6. The number of hydrogen-bond donors (Lipinski definition) is 1. The Morgan fingerprint density at radius 1 is 1.37 bits per heavy atom. The third-order valence-corrected chi connectivity index (χ3v) is 3.07. The summed E-state index contributed by atoms with van der Waals surface area (Å²) in [5, 5.41) is 13.9. The molecule has 100 valence electrons. The molecule has 0 saturated carbocycles. The van der Waals surface area contributed by atoms with E-state index >= 15 is 0 Å². The van der Waals surface area contributed by atoms with E-state index < -0.39 is 4.92 Å². The molecule has 0 aliphatic carbocycles. The van der Waals surface area contributed by atoms with Gasteiger partial charge in [0.2, 0.25) is 0 Å². The first-order chi connectivity index (χ1) is 9.09. The highest BCUT2D eigenvalue weighted by Crippen LogP contribution is 2.20. The van der Waals surface area contributed by atoms with Crippen LogP contribution in [0.5, 0.6) is 0 Å². The minimum Gasteiger partial charge on any atom is -0.336 e. The van der Waals surface area contributed by atoms with Crippen molar-refractivity contribution >= 4 is 17.2 Å². The van der Waals surface area contributed by atoms with Gasteiger partial charge in [-0.1, -0.05) is 18.7 Å². The van der Waals surface area contributed by atoms with Gasteiger partial charge >= 0.3 is 0 Å². The normalized spacial score (nSPS) is 15.1. The molecule has 6 nitrogen and oxygen atoms in total. The van der Waals surface area contributed by atoms with E-state index in [1.807, 2.05) is 0 Å². The van der Waals surface area contributed by atoms with E-state index in [0.29, 0.717) is 24.2 Å². The van der Waals surface area contributed by atoms with Crippen LogP contribution in [0.25, 0.3) is 5.57 Å². The smallest absolute Gasteiger partial charge is 0.270 e. The predicted molar refractivity (Wildman–Crippen MR) is 71.6 cm³/mol. The Balaban J connectivity index is 2.16. The molecule has 1 heterocycles. The van der Waals surface area contributed by atoms with Crippen LogP contribution in [0, 0.1) is 10.1 Å². The van der Waals surface area contributed by atoms with E-state index in [4.69, 9.17) is 0 Å². The molecule has 1 amide bonds. The van der Waals surface area contributed by atoms with Crippen molar-refractivity contribution in [2.75, 3.05) is 26.2 Å². The molecule has 1 saturated heterocycles. The lowest BCUT2D eigenvalue weighted by Gasteiger charge is -2.28. The Morgan fingerprint density at radius 3 is 2.68 bits per heavy atom. The number of nitro groups is 1. The van der Waals surface area contributed by atoms with Gasteiger partial charge in [-0.2, -0.15) is 0 Å². The maximum atomic E-state index is 12.2. The van der Waals surface area contributed by atoms with Crippen LogP contribution in [-0.4, -0.2) is 41.9 Å². The molecule has 6 heteroatoms. The zero-order valence-electron chi connectivity index (χ0n) is 10.5. The van der Waals surface area contributed by atoms with Crippen molar-refractivity contribution in [1.29, 1.82) is 0 Å². The van der Waals surface area contributed by atoms with Crippen molar-refractivity contribution in [3.8, 4) is 0 Å². The summed E-state index contributed by atoms with van der Waals surface area (Å²) in [7, 11) is 0. The van der Waals surface area contributed by atoms with Crippen molar-refractivity contribution in [3.63, 3.8) is 0 Å². The van der Waals surface area contributed by atoms with E-state index in [-0.39, 0.29) is 11.6 Å². The number of nitrogens with zero attached hydrogens (tertiary/aromatic N) is 2. The Labute approximate surface area is 110 Å². The first-order valence-electron chi connectivity index (χ1n) is 6.03. The van der Waals surface area contributed by atoms with E-state index in [1.165, 1.54) is 12.1 Å². The molecule has 0 radical (unpaired) electrons. The molecular formula is C13H15N3O3. The summed E-state index contributed by atoms with van der Waals surface area (Å²) in [5.41, 5.74) is 0.759. The van der Waals surface area contributed by atoms with Gasteiger partial charge < -0.3 is 10.2 Å². The van der Waals surface area contributed by atoms with Crippen LogP contribution in [0.3, 0.4) is 0 Å². The average Bonchev–Trinajstić information content (AvgIpc) is 2.46. The number of benzene rings is 1. The van der Waals surface area contributed by atoms with Crippen LogP contribution in [0.1, 0.15) is 5.56 Å². The van der Waals surface area contributed by atoms with Crippen LogP contribution in [0.15, 0.2) is 30.8 Å². The number of carbonyl (C=O) groups excluding carboxylic acids is 1. The van der Waals surface area contributed by atoms with Crippen molar-refractivity contribution in [2.45, 2.75) is 0 Å². The lowest BCUT2D eigenvalue weighted by Crippen LogP contribution is -2.46. The molecule has 1 N–H and O–H groups in total. The summed E-state index contributed by atoms with van der Waals surface area (Å²) in [4.78, 5) is 24.2. The molecule has 0 bridgehead atoms. The fraction of sp³-hybridized carbons (Fsp3) is 0.308. The molecule has 1 aromatic carbocycles. The number of nitrogens with one attached hydrogen (secondary N) is 1. The zero-order chi connectivity index (χ0) is 13.8. The second-order valence-electron chi connectivity index (χ2n) is 4.33. The Morgan fingerprint density at radius 2 is 2.05 bits per heavy atom. The highest BCUT2D eigenvalue weighted by molar-refractivity contribution is 6.18. The van der Waals surface area contributed by atoms with Gasteiger partial charge in [-0.15, -0.1) is 0 Å². The molecule has 2 rings (SSSR count). The third kappa shape index (κ3) is 2.97. The van der Waals surface area contributed by atoms with Gasteiger partial charge in [0.15, 0.2) is 0 Å². The van der Waals surface area contributed by atoms with Gasteiger partial charge in [-0.3, -0.25) is 14.9 Å². The molecule has 1 fully saturated rings. The quantitative estimate of drug-likeness (QED) is 0.501. The van der Waals surface area contributed by atoms with E-state index in [0.717, 1.165) is 13.1 Å². The second-order valence-corrected chi connectivity index (χ2v) is 4.33. The van der Waals surface area contributed by atoms with Crippen molar-refractivity contribution in [3.05, 3.63) is 46.5 Å². The largest absolute Gasteiger partial charge is 0.336 e. The minimum atomic E-state index is -0.480. The number of carbonyl (C=O) groups is 1. The van der Waals surface area contributed by atoms with Crippen molar-refractivity contribution < 1.29 is 9.72 Å². The van der Waals surface area contributed by atoms with Crippen molar-refractivity contribution in [2.24, 2.45) is 0 Å². The number of hydrogen-bond acceptors (Lipinski definition) is 4. The second kappa shape index (κ2) is 5.62. The van der Waals surface area contributed by atoms with Crippen LogP contribution in [-0.2, 0) is 4.79 Å². The first kappa shape index (κ1) is 13.2. The maximum Gasteiger partial charge on any atom is 0.270 e. The van der Waals surface area contributed by atoms with Gasteiger partial charge in [0.1, 0.15) is 0 Å². The predicted octanol–water partition coefficient (Wildman–Crippen LogP) is 1.04. The molecular weight excluding hydrogens is 246 g/mol. The summed E-state index contributed by atoms with van der Waals surface area (Å²) >= 11 is 0. The van der Waals surface area contributed by atoms with Crippen LogP contribution < -0.4 is 5.32 Å². The van der Waals surface area contributed by atoms with Crippen LogP contribution >= 0.6 is 0 Å². The van der Waals surface area contributed by atoms with E-state index in [1.54, 1.807) is 17.0 Å². The summed E-state index contributed by atoms with van der Waals surface area (Å²) in [5.74, 6) is -0.165. The fourth-order valence-corrected chi connectivity index (χ4v) is 1.99. The van der Waals surface area contributed by atoms with Gasteiger partial charge in [0.05, 0.1) is 4.92 Å². The Bertz CT molecular complexity index is 522. The van der Waals surface area contributed by atoms with Gasteiger partial charge in [0.25, 0.3) is 11.6 Å².